The molecule has 0 fully saturated rings. The molecule has 0 spiro atoms. The van der Waals surface area contributed by atoms with Gasteiger partial charge >= 0.3 is 5.97 Å². The van der Waals surface area contributed by atoms with Crippen molar-refractivity contribution >= 4 is 80.6 Å². The summed E-state index contributed by atoms with van der Waals surface area (Å²) in [5, 5.41) is 13.5. The van der Waals surface area contributed by atoms with E-state index < -0.39 is 5.97 Å². The SMILES string of the molecule is Cc1onc(-c2c(Cl)cccc2Cl)c1C(=O)O.[K]. The van der Waals surface area contributed by atoms with Gasteiger partial charge in [-0.05, 0) is 19.1 Å². The Morgan fingerprint density at radius 1 is 1.33 bits per heavy atom. The molecular formula is C11H7Cl2KNO3. The molecule has 0 aliphatic carbocycles. The van der Waals surface area contributed by atoms with Crippen LogP contribution >= 0.6 is 23.2 Å². The maximum Gasteiger partial charge on any atom is 0.341 e. The second-order valence-electron chi connectivity index (χ2n) is 3.36. The molecule has 2 rings (SSSR count). The van der Waals surface area contributed by atoms with E-state index in [0.717, 1.165) is 0 Å². The number of carboxylic acid groups (broad SMARTS) is 1. The molecule has 18 heavy (non-hydrogen) atoms. The van der Waals surface area contributed by atoms with Crippen LogP contribution in [0.2, 0.25) is 10.0 Å². The summed E-state index contributed by atoms with van der Waals surface area (Å²) >= 11 is 12.0. The van der Waals surface area contributed by atoms with Crippen LogP contribution in [0, 0.1) is 6.92 Å². The summed E-state index contributed by atoms with van der Waals surface area (Å²) in [5.74, 6) is -0.918. The minimum atomic E-state index is -1.13. The van der Waals surface area contributed by atoms with Crippen LogP contribution in [-0.2, 0) is 0 Å². The van der Waals surface area contributed by atoms with Gasteiger partial charge in [0.05, 0.1) is 10.0 Å². The maximum atomic E-state index is 11.1. The fourth-order valence-corrected chi connectivity index (χ4v) is 2.10. The van der Waals surface area contributed by atoms with Gasteiger partial charge in [0, 0.05) is 56.9 Å². The third kappa shape index (κ3) is 2.99. The smallest absolute Gasteiger partial charge is 0.341 e. The van der Waals surface area contributed by atoms with Gasteiger partial charge in [-0.3, -0.25) is 0 Å². The van der Waals surface area contributed by atoms with Crippen LogP contribution in [-0.4, -0.2) is 67.6 Å². The first-order chi connectivity index (χ1) is 8.02. The summed E-state index contributed by atoms with van der Waals surface area (Å²) in [6, 6.07) is 4.89. The average Bonchev–Trinajstić information content (AvgIpc) is 2.60. The third-order valence-corrected chi connectivity index (χ3v) is 2.91. The summed E-state index contributed by atoms with van der Waals surface area (Å²) in [4.78, 5) is 11.1. The van der Waals surface area contributed by atoms with Crippen LogP contribution in [0.4, 0.5) is 0 Å². The number of aromatic nitrogens is 1. The number of halogens is 2. The molecule has 0 saturated heterocycles. The Morgan fingerprint density at radius 2 is 1.89 bits per heavy atom. The summed E-state index contributed by atoms with van der Waals surface area (Å²) in [7, 11) is 0. The molecule has 0 aliphatic rings. The van der Waals surface area contributed by atoms with Crippen molar-refractivity contribution in [1.82, 2.24) is 5.16 Å². The van der Waals surface area contributed by atoms with Crippen LogP contribution in [0.5, 0.6) is 0 Å². The molecule has 4 nitrogen and oxygen atoms in total. The van der Waals surface area contributed by atoms with Crippen LogP contribution in [0.15, 0.2) is 22.7 Å². The van der Waals surface area contributed by atoms with Crippen LogP contribution < -0.4 is 0 Å². The number of hydrogen-bond acceptors (Lipinski definition) is 3. The van der Waals surface area contributed by atoms with E-state index in [2.05, 4.69) is 5.16 Å². The second kappa shape index (κ2) is 6.52. The summed E-state index contributed by atoms with van der Waals surface area (Å²) < 4.78 is 4.87. The number of aryl methyl sites for hydroxylation is 1. The Morgan fingerprint density at radius 3 is 2.39 bits per heavy atom. The van der Waals surface area contributed by atoms with Gasteiger partial charge in [-0.2, -0.15) is 0 Å². The van der Waals surface area contributed by atoms with Crippen molar-refractivity contribution in [2.75, 3.05) is 0 Å². The van der Waals surface area contributed by atoms with Gasteiger partial charge in [0.25, 0.3) is 0 Å². The predicted molar refractivity (Wildman–Crippen MR) is 69.4 cm³/mol. The molecule has 0 unspecified atom stereocenters. The third-order valence-electron chi connectivity index (χ3n) is 2.28. The number of aromatic carboxylic acids is 1. The van der Waals surface area contributed by atoms with Crippen molar-refractivity contribution < 1.29 is 14.4 Å². The zero-order chi connectivity index (χ0) is 12.6. The van der Waals surface area contributed by atoms with Crippen LogP contribution in [0.25, 0.3) is 11.3 Å². The van der Waals surface area contributed by atoms with E-state index >= 15 is 0 Å². The number of benzene rings is 1. The Balaban J connectivity index is 0.00000162. The fraction of sp³-hybridized carbons (Fsp3) is 0.0909. The summed E-state index contributed by atoms with van der Waals surface area (Å²) in [5.41, 5.74) is 0.482. The number of carbonyl (C=O) groups is 1. The Bertz CT molecular complexity index is 578. The van der Waals surface area contributed by atoms with E-state index in [-0.39, 0.29) is 68.4 Å². The first-order valence-electron chi connectivity index (χ1n) is 4.66. The zero-order valence-corrected chi connectivity index (χ0v) is 14.3. The van der Waals surface area contributed by atoms with Gasteiger partial charge in [-0.15, -0.1) is 0 Å². The molecule has 2 aromatic rings. The Labute approximate surface area is 156 Å². The molecule has 1 heterocycles. The van der Waals surface area contributed by atoms with Crippen molar-refractivity contribution in [2.24, 2.45) is 0 Å². The van der Waals surface area contributed by atoms with E-state index in [0.29, 0.717) is 15.6 Å². The van der Waals surface area contributed by atoms with E-state index in [1.54, 1.807) is 18.2 Å². The van der Waals surface area contributed by atoms with Crippen molar-refractivity contribution in [3.05, 3.63) is 39.6 Å². The molecule has 89 valence electrons. The summed E-state index contributed by atoms with van der Waals surface area (Å²) in [6.45, 7) is 1.52. The monoisotopic (exact) mass is 310 g/mol. The van der Waals surface area contributed by atoms with E-state index in [1.165, 1.54) is 6.92 Å². The summed E-state index contributed by atoms with van der Waals surface area (Å²) in [6.07, 6.45) is 0. The maximum absolute atomic E-state index is 11.1. The minimum Gasteiger partial charge on any atom is -0.477 e. The van der Waals surface area contributed by atoms with Crippen LogP contribution in [0.1, 0.15) is 16.1 Å². The molecule has 1 radical (unpaired) electrons. The largest absolute Gasteiger partial charge is 0.477 e. The zero-order valence-electron chi connectivity index (χ0n) is 9.70. The number of hydrogen-bond donors (Lipinski definition) is 1. The Kier molecular flexibility index (Phi) is 5.86. The first-order valence-corrected chi connectivity index (χ1v) is 5.42. The molecule has 1 aromatic heterocycles. The second-order valence-corrected chi connectivity index (χ2v) is 4.18. The Hall–Kier alpha value is 0.116. The number of nitrogens with zero attached hydrogens (tertiary/aromatic N) is 1. The topological polar surface area (TPSA) is 63.3 Å². The van der Waals surface area contributed by atoms with Gasteiger partial charge in [-0.1, -0.05) is 34.4 Å². The molecule has 1 N–H and O–H groups in total. The van der Waals surface area contributed by atoms with Gasteiger partial charge < -0.3 is 9.63 Å². The van der Waals surface area contributed by atoms with Gasteiger partial charge in [0.15, 0.2) is 0 Å². The number of rotatable bonds is 2. The van der Waals surface area contributed by atoms with Gasteiger partial charge in [0.2, 0.25) is 0 Å². The van der Waals surface area contributed by atoms with E-state index in [4.69, 9.17) is 32.8 Å². The van der Waals surface area contributed by atoms with Crippen molar-refractivity contribution in [1.29, 1.82) is 0 Å². The minimum absolute atomic E-state index is 0. The van der Waals surface area contributed by atoms with Crippen molar-refractivity contribution in [2.45, 2.75) is 6.92 Å². The standard InChI is InChI=1S/C11H7Cl2NO3.K/c1-5-8(11(15)16)10(14-17-5)9-6(12)3-2-4-7(9)13;/h2-4H,1H3,(H,15,16);. The predicted octanol–water partition coefficient (Wildman–Crippen LogP) is 3.27. The van der Waals surface area contributed by atoms with E-state index in [1.807, 2.05) is 0 Å². The number of carboxylic acids is 1. The quantitative estimate of drug-likeness (QED) is 0.865. The molecule has 1 aromatic carbocycles. The normalized spacial score (nSPS) is 9.94. The van der Waals surface area contributed by atoms with Crippen molar-refractivity contribution in [3.63, 3.8) is 0 Å². The molecule has 0 saturated carbocycles. The molecule has 7 heteroatoms. The van der Waals surface area contributed by atoms with Crippen LogP contribution in [0.3, 0.4) is 0 Å². The van der Waals surface area contributed by atoms with Gasteiger partial charge in [0.1, 0.15) is 17.0 Å². The average molecular weight is 311 g/mol. The van der Waals surface area contributed by atoms with Gasteiger partial charge in [-0.25, -0.2) is 4.79 Å². The molecule has 0 aliphatic heterocycles. The fourth-order valence-electron chi connectivity index (χ4n) is 1.52. The molecule has 0 amide bonds. The first kappa shape index (κ1) is 16.2. The molecular weight excluding hydrogens is 304 g/mol. The van der Waals surface area contributed by atoms with E-state index in [9.17, 15) is 4.79 Å². The van der Waals surface area contributed by atoms with Crippen molar-refractivity contribution in [3.8, 4) is 11.3 Å². The molecule has 0 atom stereocenters. The molecule has 0 bridgehead atoms.